The quantitative estimate of drug-likeness (QED) is 0.688. The molecule has 0 aromatic heterocycles. The van der Waals surface area contributed by atoms with Crippen molar-refractivity contribution in [2.45, 2.75) is 90.7 Å². The molecule has 0 radical (unpaired) electrons. The minimum atomic E-state index is -0.795. The molecule has 0 amide bonds. The molecule has 7 nitrogen and oxygen atoms in total. The van der Waals surface area contributed by atoms with E-state index in [0.717, 1.165) is 12.8 Å². The van der Waals surface area contributed by atoms with Crippen molar-refractivity contribution >= 4 is 11.9 Å². The Kier molecular flexibility index (Phi) is 6.05. The van der Waals surface area contributed by atoms with Gasteiger partial charge in [-0.1, -0.05) is 20.8 Å². The summed E-state index contributed by atoms with van der Waals surface area (Å²) >= 11 is 0. The van der Waals surface area contributed by atoms with Crippen molar-refractivity contribution in [1.29, 1.82) is 0 Å². The van der Waals surface area contributed by atoms with Crippen LogP contribution in [0.5, 0.6) is 0 Å². The van der Waals surface area contributed by atoms with E-state index >= 15 is 0 Å². The Balaban J connectivity index is 2.33. The highest BCUT2D eigenvalue weighted by molar-refractivity contribution is 5.66. The summed E-state index contributed by atoms with van der Waals surface area (Å²) in [6.07, 6.45) is 1.81. The summed E-state index contributed by atoms with van der Waals surface area (Å²) < 4.78 is 17.6. The van der Waals surface area contributed by atoms with Gasteiger partial charge in [0, 0.05) is 26.2 Å². The molecule has 0 bridgehead atoms. The number of nitrogens with zero attached hydrogens (tertiary/aromatic N) is 1. The molecule has 7 heteroatoms. The van der Waals surface area contributed by atoms with Crippen molar-refractivity contribution in [1.82, 2.24) is 5.06 Å². The van der Waals surface area contributed by atoms with E-state index in [1.54, 1.807) is 0 Å². The van der Waals surface area contributed by atoms with Gasteiger partial charge in [0.1, 0.15) is 12.7 Å². The predicted octanol–water partition coefficient (Wildman–Crippen LogP) is 2.82. The molecule has 2 saturated heterocycles. The van der Waals surface area contributed by atoms with Gasteiger partial charge >= 0.3 is 11.9 Å². The monoisotopic (exact) mass is 371 g/mol. The van der Waals surface area contributed by atoms with Crippen molar-refractivity contribution < 1.29 is 28.6 Å². The molecule has 5 atom stereocenters. The van der Waals surface area contributed by atoms with E-state index in [1.165, 1.54) is 13.8 Å². The summed E-state index contributed by atoms with van der Waals surface area (Å²) in [7, 11) is 0. The molecule has 2 aliphatic rings. The Morgan fingerprint density at radius 3 is 2.31 bits per heavy atom. The molecular weight excluding hydrogens is 338 g/mol. The van der Waals surface area contributed by atoms with Gasteiger partial charge in [-0.15, -0.1) is 5.06 Å². The maximum absolute atomic E-state index is 11.8. The summed E-state index contributed by atoms with van der Waals surface area (Å²) in [5.74, 6) is -1.50. The number of hydrogen-bond donors (Lipinski definition) is 0. The molecule has 0 N–H and O–H groups in total. The summed E-state index contributed by atoms with van der Waals surface area (Å²) in [5, 5.41) is 1.87. The molecule has 150 valence electrons. The average Bonchev–Trinajstić information content (AvgIpc) is 2.99. The van der Waals surface area contributed by atoms with Crippen LogP contribution < -0.4 is 0 Å². The standard InChI is InChI=1S/C19H33NO6/c1-8-17(6)12-19(24-11-16(25-19)10-23-14(4)21)13(3)18(7,9-2)20(17)26-15(5)22/h13,16H,8-12H2,1-7H3. The lowest BCUT2D eigenvalue weighted by atomic mass is 9.67. The van der Waals surface area contributed by atoms with Crippen LogP contribution in [0.2, 0.25) is 0 Å². The molecule has 0 aliphatic carbocycles. The third-order valence-corrected chi connectivity index (χ3v) is 6.22. The maximum atomic E-state index is 11.8. The molecule has 26 heavy (non-hydrogen) atoms. The predicted molar refractivity (Wildman–Crippen MR) is 95.0 cm³/mol. The van der Waals surface area contributed by atoms with Gasteiger partial charge in [-0.25, -0.2) is 0 Å². The Bertz CT molecular complexity index is 554. The fourth-order valence-electron chi connectivity index (χ4n) is 4.28. The van der Waals surface area contributed by atoms with Crippen LogP contribution in [0.25, 0.3) is 0 Å². The van der Waals surface area contributed by atoms with Crippen LogP contribution in [0, 0.1) is 5.92 Å². The fourth-order valence-corrected chi connectivity index (χ4v) is 4.28. The molecular formula is C19H33NO6. The van der Waals surface area contributed by atoms with Crippen molar-refractivity contribution in [2.75, 3.05) is 13.2 Å². The zero-order valence-electron chi connectivity index (χ0n) is 17.1. The number of carbonyl (C=O) groups excluding carboxylic acids is 2. The average molecular weight is 371 g/mol. The summed E-state index contributed by atoms with van der Waals surface area (Å²) in [6.45, 7) is 13.8. The first kappa shape index (κ1) is 21.1. The number of rotatable bonds is 5. The molecule has 0 aromatic rings. The van der Waals surface area contributed by atoms with Crippen molar-refractivity contribution in [2.24, 2.45) is 5.92 Å². The minimum absolute atomic E-state index is 0.0543. The Labute approximate surface area is 156 Å². The molecule has 0 saturated carbocycles. The number of hydroxylamine groups is 2. The lowest BCUT2D eigenvalue weighted by Gasteiger charge is -2.60. The molecule has 2 fully saturated rings. The highest BCUT2D eigenvalue weighted by Gasteiger charge is 2.64. The molecule has 2 aliphatic heterocycles. The molecule has 1 spiro atoms. The highest BCUT2D eigenvalue weighted by atomic mass is 16.8. The molecule has 2 heterocycles. The van der Waals surface area contributed by atoms with E-state index < -0.39 is 16.9 Å². The number of hydrogen-bond acceptors (Lipinski definition) is 7. The normalized spacial score (nSPS) is 40.6. The van der Waals surface area contributed by atoms with Gasteiger partial charge in [0.05, 0.1) is 17.7 Å². The fraction of sp³-hybridized carbons (Fsp3) is 0.895. The molecule has 0 aromatic carbocycles. The zero-order chi connectivity index (χ0) is 19.8. The van der Waals surface area contributed by atoms with E-state index in [1.807, 2.05) is 5.06 Å². The molecule has 5 unspecified atom stereocenters. The third-order valence-electron chi connectivity index (χ3n) is 6.22. The van der Waals surface area contributed by atoms with E-state index in [-0.39, 0.29) is 30.6 Å². The zero-order valence-corrected chi connectivity index (χ0v) is 17.1. The number of carbonyl (C=O) groups is 2. The van der Waals surface area contributed by atoms with E-state index in [0.29, 0.717) is 13.0 Å². The van der Waals surface area contributed by atoms with E-state index in [4.69, 9.17) is 19.0 Å². The van der Waals surface area contributed by atoms with Gasteiger partial charge in [0.15, 0.2) is 5.79 Å². The first-order valence-electron chi connectivity index (χ1n) is 9.47. The largest absolute Gasteiger partial charge is 0.463 e. The highest BCUT2D eigenvalue weighted by Crippen LogP contribution is 2.54. The number of piperidine rings is 1. The lowest BCUT2D eigenvalue weighted by Crippen LogP contribution is -2.72. The van der Waals surface area contributed by atoms with Gasteiger partial charge in [-0.3, -0.25) is 9.59 Å². The van der Waals surface area contributed by atoms with Crippen LogP contribution in [0.15, 0.2) is 0 Å². The van der Waals surface area contributed by atoms with Crippen LogP contribution in [0.4, 0.5) is 0 Å². The summed E-state index contributed by atoms with van der Waals surface area (Å²) in [5.41, 5.74) is -0.885. The maximum Gasteiger partial charge on any atom is 0.322 e. The Morgan fingerprint density at radius 1 is 1.15 bits per heavy atom. The number of esters is 1. The van der Waals surface area contributed by atoms with Crippen molar-refractivity contribution in [3.63, 3.8) is 0 Å². The second-order valence-electron chi connectivity index (χ2n) is 8.00. The van der Waals surface area contributed by atoms with Gasteiger partial charge in [0.25, 0.3) is 0 Å². The van der Waals surface area contributed by atoms with Crippen LogP contribution >= 0.6 is 0 Å². The van der Waals surface area contributed by atoms with Crippen molar-refractivity contribution in [3.05, 3.63) is 0 Å². The van der Waals surface area contributed by atoms with Crippen LogP contribution in [0.1, 0.15) is 67.7 Å². The van der Waals surface area contributed by atoms with Gasteiger partial charge in [0.2, 0.25) is 0 Å². The minimum Gasteiger partial charge on any atom is -0.463 e. The van der Waals surface area contributed by atoms with Gasteiger partial charge in [-0.2, -0.15) is 0 Å². The van der Waals surface area contributed by atoms with E-state index in [2.05, 4.69) is 34.6 Å². The van der Waals surface area contributed by atoms with Gasteiger partial charge < -0.3 is 19.0 Å². The SMILES string of the molecule is CCC1(C)CC2(OCC(COC(C)=O)O2)C(C)C(C)(CC)N1OC(C)=O. The second-order valence-corrected chi connectivity index (χ2v) is 8.00. The smallest absolute Gasteiger partial charge is 0.322 e. The Morgan fingerprint density at radius 2 is 1.81 bits per heavy atom. The van der Waals surface area contributed by atoms with Crippen LogP contribution in [0.3, 0.4) is 0 Å². The third kappa shape index (κ3) is 3.62. The van der Waals surface area contributed by atoms with Crippen LogP contribution in [-0.2, 0) is 28.6 Å². The topological polar surface area (TPSA) is 74.3 Å². The Hall–Kier alpha value is -1.18. The first-order chi connectivity index (χ1) is 12.0. The van der Waals surface area contributed by atoms with Gasteiger partial charge in [-0.05, 0) is 26.7 Å². The van der Waals surface area contributed by atoms with Crippen molar-refractivity contribution in [3.8, 4) is 0 Å². The lowest BCUT2D eigenvalue weighted by molar-refractivity contribution is -0.354. The number of ether oxygens (including phenoxy) is 3. The molecule has 2 rings (SSSR count). The van der Waals surface area contributed by atoms with Crippen LogP contribution in [-0.4, -0.2) is 53.2 Å². The first-order valence-corrected chi connectivity index (χ1v) is 9.47. The van der Waals surface area contributed by atoms with E-state index in [9.17, 15) is 9.59 Å². The second kappa shape index (κ2) is 7.44. The summed E-state index contributed by atoms with van der Waals surface area (Å²) in [4.78, 5) is 28.6. The summed E-state index contributed by atoms with van der Waals surface area (Å²) in [6, 6.07) is 0.